The predicted octanol–water partition coefficient (Wildman–Crippen LogP) is 2.39. The molecule has 10 heteroatoms. The number of hydrazine groups is 1. The van der Waals surface area contributed by atoms with Gasteiger partial charge in [-0.25, -0.2) is 10.8 Å². The summed E-state index contributed by atoms with van der Waals surface area (Å²) in [5.41, 5.74) is 2.39. The molecule has 0 atom stereocenters. The molecule has 21 heavy (non-hydrogen) atoms. The predicted molar refractivity (Wildman–Crippen MR) is 84.8 cm³/mol. The first-order chi connectivity index (χ1) is 10.0. The molecule has 1 heterocycles. The highest BCUT2D eigenvalue weighted by atomic mass is 127. The van der Waals surface area contributed by atoms with Crippen molar-refractivity contribution < 1.29 is 9.66 Å². The standard InChI is InChI=1S/C11H8IN5O3S/c12-8-1-6(3-13)2-9(17(18)19)10(8)20-5-7-4-15-11(16-14)21-7/h1-2,4H,5,14H2,(H,15,16). The minimum atomic E-state index is -0.572. The maximum absolute atomic E-state index is 11.1. The molecule has 2 rings (SSSR count). The fourth-order valence-electron chi connectivity index (χ4n) is 1.51. The number of ether oxygens (including phenoxy) is 1. The molecule has 0 saturated carbocycles. The molecule has 0 spiro atoms. The van der Waals surface area contributed by atoms with Crippen LogP contribution in [0.25, 0.3) is 0 Å². The van der Waals surface area contributed by atoms with E-state index < -0.39 is 4.92 Å². The Morgan fingerprint density at radius 3 is 2.95 bits per heavy atom. The lowest BCUT2D eigenvalue weighted by Gasteiger charge is -2.07. The molecular formula is C11H8IN5O3S. The molecule has 0 aliphatic heterocycles. The van der Waals surface area contributed by atoms with Gasteiger partial charge in [0.25, 0.3) is 0 Å². The number of nitrogens with two attached hydrogens (primary N) is 1. The van der Waals surface area contributed by atoms with Crippen LogP contribution >= 0.6 is 33.9 Å². The van der Waals surface area contributed by atoms with Crippen molar-refractivity contribution in [3.63, 3.8) is 0 Å². The highest BCUT2D eigenvalue weighted by Crippen LogP contribution is 2.34. The number of hydrogen-bond donors (Lipinski definition) is 2. The quantitative estimate of drug-likeness (QED) is 0.331. The molecule has 108 valence electrons. The van der Waals surface area contributed by atoms with E-state index in [0.29, 0.717) is 8.70 Å². The molecule has 2 aromatic rings. The van der Waals surface area contributed by atoms with E-state index in [1.807, 2.05) is 28.7 Å². The Kier molecular flexibility index (Phi) is 4.89. The minimum absolute atomic E-state index is 0.127. The summed E-state index contributed by atoms with van der Waals surface area (Å²) in [7, 11) is 0. The van der Waals surface area contributed by atoms with E-state index in [1.165, 1.54) is 23.5 Å². The van der Waals surface area contributed by atoms with Gasteiger partial charge < -0.3 is 4.74 Å². The van der Waals surface area contributed by atoms with Gasteiger partial charge in [0, 0.05) is 12.3 Å². The number of benzene rings is 1. The number of nitro groups is 1. The van der Waals surface area contributed by atoms with Crippen LogP contribution in [-0.4, -0.2) is 9.91 Å². The van der Waals surface area contributed by atoms with E-state index in [-0.39, 0.29) is 23.6 Å². The summed E-state index contributed by atoms with van der Waals surface area (Å²) in [4.78, 5) is 15.2. The van der Waals surface area contributed by atoms with Crippen molar-refractivity contribution in [3.8, 4) is 11.8 Å². The summed E-state index contributed by atoms with van der Waals surface area (Å²) in [5.74, 6) is 5.36. The third kappa shape index (κ3) is 3.57. The minimum Gasteiger partial charge on any atom is -0.480 e. The van der Waals surface area contributed by atoms with E-state index >= 15 is 0 Å². The van der Waals surface area contributed by atoms with E-state index in [1.54, 1.807) is 6.20 Å². The van der Waals surface area contributed by atoms with Crippen LogP contribution < -0.4 is 16.0 Å². The van der Waals surface area contributed by atoms with Gasteiger partial charge in [-0.05, 0) is 28.7 Å². The van der Waals surface area contributed by atoms with E-state index in [0.717, 1.165) is 4.88 Å². The lowest BCUT2D eigenvalue weighted by atomic mass is 10.2. The van der Waals surface area contributed by atoms with Gasteiger partial charge in [-0.15, -0.1) is 0 Å². The normalized spacial score (nSPS) is 9.95. The number of nitrogens with zero attached hydrogens (tertiary/aromatic N) is 3. The Morgan fingerprint density at radius 2 is 2.38 bits per heavy atom. The van der Waals surface area contributed by atoms with Crippen LogP contribution in [0.15, 0.2) is 18.3 Å². The fraction of sp³-hybridized carbons (Fsp3) is 0.0909. The largest absolute Gasteiger partial charge is 0.480 e. The second kappa shape index (κ2) is 6.66. The smallest absolute Gasteiger partial charge is 0.313 e. The van der Waals surface area contributed by atoms with Gasteiger partial charge >= 0.3 is 5.69 Å². The molecule has 3 N–H and O–H groups in total. The Balaban J connectivity index is 2.26. The molecule has 0 saturated heterocycles. The van der Waals surface area contributed by atoms with Gasteiger partial charge in [-0.1, -0.05) is 11.3 Å². The van der Waals surface area contributed by atoms with Crippen LogP contribution in [0.5, 0.6) is 5.75 Å². The van der Waals surface area contributed by atoms with Crippen LogP contribution in [-0.2, 0) is 6.61 Å². The number of aromatic nitrogens is 1. The number of anilines is 1. The van der Waals surface area contributed by atoms with Gasteiger partial charge in [0.15, 0.2) is 5.13 Å². The summed E-state index contributed by atoms with van der Waals surface area (Å²) in [6, 6.07) is 4.60. The number of nitrogen functional groups attached to an aromatic ring is 1. The Labute approximate surface area is 136 Å². The molecule has 0 unspecified atom stereocenters. The molecule has 0 amide bonds. The number of nitro benzene ring substituents is 1. The highest BCUT2D eigenvalue weighted by molar-refractivity contribution is 14.1. The average molecular weight is 417 g/mol. The van der Waals surface area contributed by atoms with Gasteiger partial charge in [-0.3, -0.25) is 15.5 Å². The molecule has 1 aromatic carbocycles. The zero-order valence-electron chi connectivity index (χ0n) is 10.4. The van der Waals surface area contributed by atoms with Crippen LogP contribution in [0, 0.1) is 25.0 Å². The van der Waals surface area contributed by atoms with Crippen molar-refractivity contribution in [2.24, 2.45) is 5.84 Å². The first-order valence-electron chi connectivity index (χ1n) is 5.47. The van der Waals surface area contributed by atoms with Crippen LogP contribution in [0.1, 0.15) is 10.4 Å². The van der Waals surface area contributed by atoms with Crippen molar-refractivity contribution in [1.82, 2.24) is 4.98 Å². The second-order valence-electron chi connectivity index (χ2n) is 3.74. The number of rotatable bonds is 5. The first-order valence-corrected chi connectivity index (χ1v) is 7.37. The molecule has 8 nitrogen and oxygen atoms in total. The summed E-state index contributed by atoms with van der Waals surface area (Å²) in [6.45, 7) is 0.127. The van der Waals surface area contributed by atoms with Crippen molar-refractivity contribution in [2.45, 2.75) is 6.61 Å². The monoisotopic (exact) mass is 417 g/mol. The molecule has 1 aromatic heterocycles. The fourth-order valence-corrected chi connectivity index (χ4v) is 2.91. The Hall–Kier alpha value is -1.97. The maximum Gasteiger partial charge on any atom is 0.313 e. The number of halogens is 1. The van der Waals surface area contributed by atoms with Gasteiger partial charge in [-0.2, -0.15) is 5.26 Å². The summed E-state index contributed by atoms with van der Waals surface area (Å²) < 4.78 is 6.02. The maximum atomic E-state index is 11.1. The Bertz CT molecular complexity index is 727. The number of hydrogen-bond acceptors (Lipinski definition) is 8. The van der Waals surface area contributed by atoms with E-state index in [9.17, 15) is 10.1 Å². The van der Waals surface area contributed by atoms with Gasteiger partial charge in [0.2, 0.25) is 5.75 Å². The van der Waals surface area contributed by atoms with Crippen molar-refractivity contribution in [2.75, 3.05) is 5.43 Å². The molecule has 0 bridgehead atoms. The molecule has 0 aliphatic rings. The SMILES string of the molecule is N#Cc1cc(I)c(OCc2cnc(NN)s2)c([N+](=O)[O-])c1. The van der Waals surface area contributed by atoms with Gasteiger partial charge in [0.1, 0.15) is 6.61 Å². The van der Waals surface area contributed by atoms with E-state index in [2.05, 4.69) is 10.4 Å². The number of nitriles is 1. The molecule has 0 aliphatic carbocycles. The summed E-state index contributed by atoms with van der Waals surface area (Å²) in [6.07, 6.45) is 1.57. The third-order valence-electron chi connectivity index (χ3n) is 2.39. The van der Waals surface area contributed by atoms with Crippen LogP contribution in [0.3, 0.4) is 0 Å². The van der Waals surface area contributed by atoms with Crippen molar-refractivity contribution >= 4 is 44.7 Å². The lowest BCUT2D eigenvalue weighted by Crippen LogP contribution is -2.05. The lowest BCUT2D eigenvalue weighted by molar-refractivity contribution is -0.386. The average Bonchev–Trinajstić information content (AvgIpc) is 2.93. The zero-order chi connectivity index (χ0) is 15.4. The van der Waals surface area contributed by atoms with Crippen molar-refractivity contribution in [3.05, 3.63) is 42.5 Å². The highest BCUT2D eigenvalue weighted by Gasteiger charge is 2.20. The summed E-state index contributed by atoms with van der Waals surface area (Å²) in [5, 5.41) is 20.5. The van der Waals surface area contributed by atoms with Crippen LogP contribution in [0.2, 0.25) is 0 Å². The summed E-state index contributed by atoms with van der Waals surface area (Å²) >= 11 is 3.18. The topological polar surface area (TPSA) is 127 Å². The van der Waals surface area contributed by atoms with E-state index in [4.69, 9.17) is 15.8 Å². The molecule has 0 radical (unpaired) electrons. The zero-order valence-corrected chi connectivity index (χ0v) is 13.3. The Morgan fingerprint density at radius 1 is 1.62 bits per heavy atom. The molecular weight excluding hydrogens is 409 g/mol. The van der Waals surface area contributed by atoms with Crippen molar-refractivity contribution in [1.29, 1.82) is 5.26 Å². The molecule has 0 fully saturated rings. The van der Waals surface area contributed by atoms with Gasteiger partial charge in [0.05, 0.1) is 25.0 Å². The number of thiazole rings is 1. The second-order valence-corrected chi connectivity index (χ2v) is 6.02. The first kappa shape index (κ1) is 15.4. The number of nitrogens with one attached hydrogen (secondary N) is 1. The third-order valence-corrected chi connectivity index (χ3v) is 4.09. The van der Waals surface area contributed by atoms with Crippen LogP contribution in [0.4, 0.5) is 10.8 Å².